The lowest BCUT2D eigenvalue weighted by atomic mass is 10.1. The Morgan fingerprint density at radius 3 is 2.42 bits per heavy atom. The molecule has 0 heterocycles. The molecule has 7 heteroatoms. The molecule has 0 spiro atoms. The van der Waals surface area contributed by atoms with Gasteiger partial charge in [-0.2, -0.15) is 0 Å². The molecular formula is C12H15BrO6. The van der Waals surface area contributed by atoms with E-state index >= 15 is 0 Å². The lowest BCUT2D eigenvalue weighted by Crippen LogP contribution is -2.13. The highest BCUT2D eigenvalue weighted by Gasteiger charge is 2.16. The molecule has 2 N–H and O–H groups in total. The van der Waals surface area contributed by atoms with Crippen LogP contribution in [0.1, 0.15) is 11.7 Å². The molecule has 106 valence electrons. The molecule has 1 atom stereocenters. The van der Waals surface area contributed by atoms with Gasteiger partial charge < -0.3 is 24.4 Å². The Bertz CT molecular complexity index is 448. The molecular weight excluding hydrogens is 320 g/mol. The van der Waals surface area contributed by atoms with Crippen LogP contribution in [0, 0.1) is 0 Å². The standard InChI is InChI=1S/C12H15BrO6/c1-17-10-3-7(8(13)4-11(10)18-2)9(14)5-19-6-12(15)16/h3-4,9,14H,5-6H2,1-2H3,(H,15,16). The van der Waals surface area contributed by atoms with Crippen LogP contribution < -0.4 is 9.47 Å². The Labute approximate surface area is 119 Å². The summed E-state index contributed by atoms with van der Waals surface area (Å²) in [6.45, 7) is -0.581. The molecule has 0 aliphatic carbocycles. The first-order chi connectivity index (χ1) is 8.99. The molecule has 6 nitrogen and oxygen atoms in total. The maximum absolute atomic E-state index is 10.3. The van der Waals surface area contributed by atoms with Gasteiger partial charge in [-0.25, -0.2) is 4.79 Å². The quantitative estimate of drug-likeness (QED) is 0.787. The van der Waals surface area contributed by atoms with E-state index in [2.05, 4.69) is 15.9 Å². The van der Waals surface area contributed by atoms with Crippen molar-refractivity contribution in [3.8, 4) is 11.5 Å². The smallest absolute Gasteiger partial charge is 0.329 e. The first-order valence-electron chi connectivity index (χ1n) is 5.38. The topological polar surface area (TPSA) is 85.2 Å². The van der Waals surface area contributed by atoms with Gasteiger partial charge in [-0.1, -0.05) is 15.9 Å². The van der Waals surface area contributed by atoms with Gasteiger partial charge in [0, 0.05) is 10.0 Å². The predicted octanol–water partition coefficient (Wildman–Crippen LogP) is 1.60. The zero-order chi connectivity index (χ0) is 14.4. The molecule has 19 heavy (non-hydrogen) atoms. The molecule has 0 saturated heterocycles. The van der Waals surface area contributed by atoms with Crippen molar-refractivity contribution in [2.24, 2.45) is 0 Å². The number of carbonyl (C=O) groups is 1. The first kappa shape index (κ1) is 15.7. The average molecular weight is 335 g/mol. The van der Waals surface area contributed by atoms with E-state index in [1.54, 1.807) is 12.1 Å². The number of methoxy groups -OCH3 is 2. The van der Waals surface area contributed by atoms with E-state index in [0.29, 0.717) is 21.5 Å². The van der Waals surface area contributed by atoms with Gasteiger partial charge in [0.1, 0.15) is 12.7 Å². The van der Waals surface area contributed by atoms with Gasteiger partial charge in [-0.15, -0.1) is 0 Å². The van der Waals surface area contributed by atoms with E-state index in [1.165, 1.54) is 14.2 Å². The fraction of sp³-hybridized carbons (Fsp3) is 0.417. The molecule has 0 radical (unpaired) electrons. The molecule has 0 fully saturated rings. The predicted molar refractivity (Wildman–Crippen MR) is 70.7 cm³/mol. The molecule has 1 unspecified atom stereocenters. The van der Waals surface area contributed by atoms with Crippen LogP contribution in [0.5, 0.6) is 11.5 Å². The minimum Gasteiger partial charge on any atom is -0.493 e. The third kappa shape index (κ3) is 4.38. The molecule has 0 aromatic heterocycles. The Hall–Kier alpha value is -1.31. The van der Waals surface area contributed by atoms with Crippen LogP contribution in [0.15, 0.2) is 16.6 Å². The number of aliphatic hydroxyl groups is 1. The number of carboxylic acid groups (broad SMARTS) is 1. The van der Waals surface area contributed by atoms with E-state index in [0.717, 1.165) is 0 Å². The van der Waals surface area contributed by atoms with Crippen molar-refractivity contribution in [2.45, 2.75) is 6.10 Å². The summed E-state index contributed by atoms with van der Waals surface area (Å²) in [7, 11) is 3.00. The minimum atomic E-state index is -1.08. The van der Waals surface area contributed by atoms with E-state index in [4.69, 9.17) is 19.3 Å². The van der Waals surface area contributed by atoms with Crippen LogP contribution in [0.2, 0.25) is 0 Å². The number of halogens is 1. The van der Waals surface area contributed by atoms with Gasteiger partial charge >= 0.3 is 5.97 Å². The number of hydrogen-bond acceptors (Lipinski definition) is 5. The molecule has 0 aliphatic rings. The summed E-state index contributed by atoms with van der Waals surface area (Å²) in [4.78, 5) is 10.3. The van der Waals surface area contributed by atoms with Crippen molar-refractivity contribution >= 4 is 21.9 Å². The summed E-state index contributed by atoms with van der Waals surface area (Å²) in [5.74, 6) is -0.0895. The second-order valence-electron chi connectivity index (χ2n) is 3.65. The third-order valence-electron chi connectivity index (χ3n) is 2.36. The van der Waals surface area contributed by atoms with Gasteiger partial charge in [0.05, 0.1) is 20.8 Å². The fourth-order valence-electron chi connectivity index (χ4n) is 1.47. The number of carboxylic acids is 1. The Balaban J connectivity index is 2.84. The summed E-state index contributed by atoms with van der Waals surface area (Å²) >= 11 is 3.31. The number of rotatable bonds is 7. The van der Waals surface area contributed by atoms with Crippen molar-refractivity contribution < 1.29 is 29.2 Å². The van der Waals surface area contributed by atoms with Crippen molar-refractivity contribution in [3.05, 3.63) is 22.2 Å². The monoisotopic (exact) mass is 334 g/mol. The van der Waals surface area contributed by atoms with E-state index in [9.17, 15) is 9.90 Å². The molecule has 0 saturated carbocycles. The van der Waals surface area contributed by atoms with Crippen molar-refractivity contribution in [1.82, 2.24) is 0 Å². The SMILES string of the molecule is COc1cc(Br)c(C(O)COCC(=O)O)cc1OC. The Morgan fingerprint density at radius 1 is 1.32 bits per heavy atom. The molecule has 1 aromatic carbocycles. The Morgan fingerprint density at radius 2 is 1.89 bits per heavy atom. The largest absolute Gasteiger partial charge is 0.493 e. The minimum absolute atomic E-state index is 0.125. The molecule has 0 bridgehead atoms. The van der Waals surface area contributed by atoms with Crippen LogP contribution >= 0.6 is 15.9 Å². The van der Waals surface area contributed by atoms with Gasteiger partial charge in [0.15, 0.2) is 11.5 Å². The maximum Gasteiger partial charge on any atom is 0.329 e. The number of ether oxygens (including phenoxy) is 3. The van der Waals surface area contributed by atoms with E-state index in [-0.39, 0.29) is 6.61 Å². The summed E-state index contributed by atoms with van der Waals surface area (Å²) < 4.78 is 15.7. The lowest BCUT2D eigenvalue weighted by molar-refractivity contribution is -0.143. The van der Waals surface area contributed by atoms with Crippen LogP contribution in [0.3, 0.4) is 0 Å². The highest BCUT2D eigenvalue weighted by molar-refractivity contribution is 9.10. The number of hydrogen-bond donors (Lipinski definition) is 2. The van der Waals surface area contributed by atoms with Gasteiger partial charge in [-0.05, 0) is 12.1 Å². The number of aliphatic carboxylic acids is 1. The summed E-state index contributed by atoms with van der Waals surface area (Å²) in [6.07, 6.45) is -0.964. The van der Waals surface area contributed by atoms with Gasteiger partial charge in [0.25, 0.3) is 0 Å². The summed E-state index contributed by atoms with van der Waals surface area (Å²) in [6, 6.07) is 3.27. The zero-order valence-electron chi connectivity index (χ0n) is 10.6. The van der Waals surface area contributed by atoms with Crippen LogP contribution in [-0.4, -0.2) is 43.6 Å². The normalized spacial score (nSPS) is 12.0. The molecule has 1 aromatic rings. The van der Waals surface area contributed by atoms with E-state index in [1.807, 2.05) is 0 Å². The van der Waals surface area contributed by atoms with Crippen LogP contribution in [-0.2, 0) is 9.53 Å². The fourth-order valence-corrected chi connectivity index (χ4v) is 2.06. The van der Waals surface area contributed by atoms with Gasteiger partial charge in [0.2, 0.25) is 0 Å². The summed E-state index contributed by atoms with van der Waals surface area (Å²) in [5.41, 5.74) is 0.531. The average Bonchev–Trinajstić information content (AvgIpc) is 2.37. The second-order valence-corrected chi connectivity index (χ2v) is 4.51. The second kappa shape index (κ2) is 7.32. The van der Waals surface area contributed by atoms with E-state index < -0.39 is 18.7 Å². The summed E-state index contributed by atoms with van der Waals surface area (Å²) in [5, 5.41) is 18.4. The van der Waals surface area contributed by atoms with Crippen molar-refractivity contribution in [1.29, 1.82) is 0 Å². The van der Waals surface area contributed by atoms with Crippen molar-refractivity contribution in [2.75, 3.05) is 27.4 Å². The highest BCUT2D eigenvalue weighted by atomic mass is 79.9. The zero-order valence-corrected chi connectivity index (χ0v) is 12.1. The maximum atomic E-state index is 10.3. The van der Waals surface area contributed by atoms with Crippen LogP contribution in [0.4, 0.5) is 0 Å². The van der Waals surface area contributed by atoms with Gasteiger partial charge in [-0.3, -0.25) is 0 Å². The molecule has 1 rings (SSSR count). The lowest BCUT2D eigenvalue weighted by Gasteiger charge is -2.16. The first-order valence-corrected chi connectivity index (χ1v) is 6.18. The Kier molecular flexibility index (Phi) is 6.07. The third-order valence-corrected chi connectivity index (χ3v) is 3.05. The van der Waals surface area contributed by atoms with Crippen LogP contribution in [0.25, 0.3) is 0 Å². The molecule has 0 amide bonds. The number of aliphatic hydroxyl groups excluding tert-OH is 1. The number of benzene rings is 1. The van der Waals surface area contributed by atoms with Crippen molar-refractivity contribution in [3.63, 3.8) is 0 Å². The molecule has 0 aliphatic heterocycles. The highest BCUT2D eigenvalue weighted by Crippen LogP contribution is 2.36.